The summed E-state index contributed by atoms with van der Waals surface area (Å²) in [6.07, 6.45) is 4.64. The Labute approximate surface area is 214 Å². The molecule has 0 bridgehead atoms. The van der Waals surface area contributed by atoms with Crippen molar-refractivity contribution >= 4 is 49.7 Å². The first-order valence-electron chi connectivity index (χ1n) is 11.0. The summed E-state index contributed by atoms with van der Waals surface area (Å²) in [4.78, 5) is 23.1. The molecule has 0 saturated carbocycles. The third kappa shape index (κ3) is 8.45. The Kier molecular flexibility index (Phi) is 12.3. The van der Waals surface area contributed by atoms with Crippen LogP contribution in [0.3, 0.4) is 0 Å². The van der Waals surface area contributed by atoms with Crippen LogP contribution in [0.2, 0.25) is 0 Å². The molecule has 7 nitrogen and oxygen atoms in total. The van der Waals surface area contributed by atoms with Crippen molar-refractivity contribution in [1.82, 2.24) is 0 Å². The van der Waals surface area contributed by atoms with Crippen LogP contribution in [0.15, 0.2) is 23.8 Å². The number of aliphatic hydroxyl groups excluding tert-OH is 3. The summed E-state index contributed by atoms with van der Waals surface area (Å²) in [5.41, 5.74) is 0.958. The van der Waals surface area contributed by atoms with Crippen LogP contribution in [-0.2, 0) is 14.3 Å². The minimum absolute atomic E-state index is 0. The number of ether oxygens (including phenoxy) is 1. The van der Waals surface area contributed by atoms with Gasteiger partial charge in [0.15, 0.2) is 0 Å². The minimum atomic E-state index is -1.10. The topological polar surface area (TPSA) is 124 Å². The van der Waals surface area contributed by atoms with E-state index in [2.05, 4.69) is 13.0 Å². The molecule has 0 amide bonds. The first kappa shape index (κ1) is 28.6. The molecule has 8 heteroatoms. The van der Waals surface area contributed by atoms with E-state index in [-0.39, 0.29) is 80.2 Å². The molecule has 0 spiro atoms. The molecule has 8 atom stereocenters. The second-order valence-corrected chi connectivity index (χ2v) is 8.88. The Hall–Kier alpha value is -0.440. The average molecular weight is 465 g/mol. The summed E-state index contributed by atoms with van der Waals surface area (Å²) in [5.74, 6) is -1.31. The largest absolute Gasteiger partial charge is 0.481 e. The predicted octanol–water partition coefficient (Wildman–Crippen LogP) is 2.06. The minimum Gasteiger partial charge on any atom is -0.481 e. The van der Waals surface area contributed by atoms with Crippen molar-refractivity contribution in [3.63, 3.8) is 0 Å². The van der Waals surface area contributed by atoms with Crippen LogP contribution in [0.5, 0.6) is 0 Å². The van der Waals surface area contributed by atoms with Crippen molar-refractivity contribution in [3.05, 3.63) is 23.8 Å². The number of rotatable bonds is 10. The number of aliphatic carboxylic acids is 1. The zero-order valence-corrected chi connectivity index (χ0v) is 21.0. The SMILES string of the molecule is CC[C@H](C)C(=O)O[C@H]1C[C@H](O)C=C2C=C[C@H](C)[C@H](CC[C@@H](O)C[C@@H](O)CC(=O)O)[C@H]21.[Ca]. The van der Waals surface area contributed by atoms with Crippen molar-refractivity contribution in [1.29, 1.82) is 0 Å². The second-order valence-electron chi connectivity index (χ2n) is 8.88. The maximum Gasteiger partial charge on any atom is 0.308 e. The predicted molar refractivity (Wildman–Crippen MR) is 117 cm³/mol. The molecule has 0 aromatic heterocycles. The van der Waals surface area contributed by atoms with E-state index < -0.39 is 30.4 Å². The number of carbonyl (C=O) groups excluding carboxylic acids is 1. The normalized spacial score (nSPS) is 30.3. The molecular weight excluding hydrogens is 428 g/mol. The Morgan fingerprint density at radius 3 is 2.55 bits per heavy atom. The van der Waals surface area contributed by atoms with Gasteiger partial charge in [0.05, 0.1) is 30.7 Å². The first-order chi connectivity index (χ1) is 14.1. The molecule has 172 valence electrons. The Balaban J connectivity index is 0.00000480. The number of aliphatic hydroxyl groups is 3. The maximum absolute atomic E-state index is 12.4. The summed E-state index contributed by atoms with van der Waals surface area (Å²) >= 11 is 0. The number of hydrogen-bond acceptors (Lipinski definition) is 6. The third-order valence-electron chi connectivity index (χ3n) is 6.44. The third-order valence-corrected chi connectivity index (χ3v) is 6.44. The summed E-state index contributed by atoms with van der Waals surface area (Å²) in [7, 11) is 0. The van der Waals surface area contributed by atoms with E-state index in [4.69, 9.17) is 9.84 Å². The van der Waals surface area contributed by atoms with Gasteiger partial charge in [0, 0.05) is 50.1 Å². The number of fused-ring (bicyclic) bond motifs is 1. The van der Waals surface area contributed by atoms with Gasteiger partial charge in [-0.2, -0.15) is 0 Å². The molecule has 0 aromatic carbocycles. The average Bonchev–Trinajstić information content (AvgIpc) is 2.65. The van der Waals surface area contributed by atoms with Gasteiger partial charge >= 0.3 is 11.9 Å². The van der Waals surface area contributed by atoms with E-state index in [0.717, 1.165) is 5.57 Å². The number of hydrogen-bond donors (Lipinski definition) is 4. The fraction of sp³-hybridized carbons (Fsp3) is 0.739. The zero-order chi connectivity index (χ0) is 22.4. The van der Waals surface area contributed by atoms with Gasteiger partial charge in [0.25, 0.3) is 0 Å². The molecule has 0 heterocycles. The van der Waals surface area contributed by atoms with Crippen molar-refractivity contribution in [2.45, 2.75) is 83.7 Å². The fourth-order valence-corrected chi connectivity index (χ4v) is 4.52. The van der Waals surface area contributed by atoms with E-state index in [1.807, 2.05) is 26.0 Å². The number of carboxylic acids is 1. The van der Waals surface area contributed by atoms with Crippen molar-refractivity contribution < 1.29 is 34.8 Å². The van der Waals surface area contributed by atoms with E-state index >= 15 is 0 Å². The van der Waals surface area contributed by atoms with Crippen LogP contribution in [0, 0.1) is 23.7 Å². The number of allylic oxidation sites excluding steroid dienone is 2. The van der Waals surface area contributed by atoms with Gasteiger partial charge in [-0.05, 0) is 43.1 Å². The monoisotopic (exact) mass is 464 g/mol. The second kappa shape index (κ2) is 13.3. The molecular formula is C23H36CaO7. The summed E-state index contributed by atoms with van der Waals surface area (Å²) in [6, 6.07) is 0. The van der Waals surface area contributed by atoms with Crippen LogP contribution in [0.1, 0.15) is 59.3 Å². The summed E-state index contributed by atoms with van der Waals surface area (Å²) in [6.45, 7) is 5.85. The molecule has 2 aliphatic carbocycles. The maximum atomic E-state index is 12.4. The number of esters is 1. The van der Waals surface area contributed by atoms with Gasteiger partial charge in [0.1, 0.15) is 6.10 Å². The molecule has 0 unspecified atom stereocenters. The van der Waals surface area contributed by atoms with Gasteiger partial charge in [-0.25, -0.2) is 0 Å². The van der Waals surface area contributed by atoms with Crippen LogP contribution in [-0.4, -0.2) is 94.5 Å². The Morgan fingerprint density at radius 2 is 1.94 bits per heavy atom. The van der Waals surface area contributed by atoms with Gasteiger partial charge in [-0.1, -0.05) is 39.0 Å². The molecule has 4 N–H and O–H groups in total. The van der Waals surface area contributed by atoms with Gasteiger partial charge in [-0.15, -0.1) is 0 Å². The molecule has 2 aliphatic rings. The quantitative estimate of drug-likeness (QED) is 0.288. The van der Waals surface area contributed by atoms with Crippen LogP contribution >= 0.6 is 0 Å². The van der Waals surface area contributed by atoms with Crippen molar-refractivity contribution in [3.8, 4) is 0 Å². The fourth-order valence-electron chi connectivity index (χ4n) is 4.52. The molecule has 2 radical (unpaired) electrons. The molecule has 0 saturated heterocycles. The summed E-state index contributed by atoms with van der Waals surface area (Å²) < 4.78 is 5.84. The molecule has 0 aromatic rings. The van der Waals surface area contributed by atoms with Gasteiger partial charge < -0.3 is 25.2 Å². The van der Waals surface area contributed by atoms with E-state index in [1.54, 1.807) is 0 Å². The molecule has 0 fully saturated rings. The smallest absolute Gasteiger partial charge is 0.308 e. The first-order valence-corrected chi connectivity index (χ1v) is 11.0. The standard InChI is InChI=1S/C23H36O7.Ca/c1-4-13(2)23(29)30-20-11-17(25)9-15-6-5-14(3)19(22(15)20)8-7-16(24)10-18(26)12-21(27)28;/h5-6,9,13-14,16-20,22,24-26H,4,7-8,10-12H2,1-3H3,(H,27,28);/t13-,14-,16+,17+,18+,19-,20-,22-;/m0./s1. The van der Waals surface area contributed by atoms with E-state index in [9.17, 15) is 24.9 Å². The number of carboxylic acid groups (broad SMARTS) is 1. The van der Waals surface area contributed by atoms with E-state index in [0.29, 0.717) is 25.7 Å². The molecule has 31 heavy (non-hydrogen) atoms. The Bertz CT molecular complexity index is 662. The van der Waals surface area contributed by atoms with Crippen LogP contribution in [0.25, 0.3) is 0 Å². The Morgan fingerprint density at radius 1 is 1.26 bits per heavy atom. The molecule has 0 aliphatic heterocycles. The van der Waals surface area contributed by atoms with E-state index in [1.165, 1.54) is 0 Å². The van der Waals surface area contributed by atoms with Gasteiger partial charge in [-0.3, -0.25) is 9.59 Å². The molecule has 2 rings (SSSR count). The zero-order valence-electron chi connectivity index (χ0n) is 18.8. The van der Waals surface area contributed by atoms with Crippen LogP contribution in [0.4, 0.5) is 0 Å². The van der Waals surface area contributed by atoms with Crippen molar-refractivity contribution in [2.75, 3.05) is 0 Å². The number of carbonyl (C=O) groups is 2. The van der Waals surface area contributed by atoms with Gasteiger partial charge in [0.2, 0.25) is 0 Å². The summed E-state index contributed by atoms with van der Waals surface area (Å²) in [5, 5.41) is 39.1. The van der Waals surface area contributed by atoms with Crippen LogP contribution < -0.4 is 0 Å². The van der Waals surface area contributed by atoms with Crippen molar-refractivity contribution in [2.24, 2.45) is 23.7 Å².